The normalized spacial score (nSPS) is 12.7. The molecule has 2 amide bonds. The largest absolute Gasteiger partial charge is 0.497 e. The van der Waals surface area contributed by atoms with Gasteiger partial charge in [0.25, 0.3) is 11.8 Å². The van der Waals surface area contributed by atoms with E-state index in [-0.39, 0.29) is 29.7 Å². The number of ether oxygens (including phenoxy) is 1. The summed E-state index contributed by atoms with van der Waals surface area (Å²) in [4.78, 5) is 42.1. The van der Waals surface area contributed by atoms with Gasteiger partial charge in [-0.3, -0.25) is 19.3 Å². The van der Waals surface area contributed by atoms with Crippen molar-refractivity contribution in [1.82, 2.24) is 9.47 Å². The highest BCUT2D eigenvalue weighted by molar-refractivity contribution is 7.98. The number of fused-ring (bicyclic) bond motifs is 1. The quantitative estimate of drug-likeness (QED) is 0.167. The Hall–Kier alpha value is -4.17. The van der Waals surface area contributed by atoms with Gasteiger partial charge in [0.05, 0.1) is 30.5 Å². The summed E-state index contributed by atoms with van der Waals surface area (Å²) >= 11 is 1.42. The molecular weight excluding hydrogens is 503 g/mol. The van der Waals surface area contributed by atoms with Crippen molar-refractivity contribution in [3.05, 3.63) is 112 Å². The summed E-state index contributed by atoms with van der Waals surface area (Å²) in [5.74, 6) is -1.02. The lowest BCUT2D eigenvalue weighted by molar-refractivity contribution is 0.0638. The van der Waals surface area contributed by atoms with Gasteiger partial charge in [0, 0.05) is 27.4 Å². The fraction of sp³-hybridized carbons (Fsp3) is 0.167. The first-order chi connectivity index (χ1) is 18.2. The molecule has 6 nitrogen and oxygen atoms in total. The third kappa shape index (κ3) is 4.20. The molecule has 0 radical (unpaired) electrons. The molecular formula is C30H25FN2O4S. The number of benzene rings is 3. The Morgan fingerprint density at radius 3 is 2.39 bits per heavy atom. The first-order valence-electron chi connectivity index (χ1n) is 11.9. The average Bonchev–Trinajstić information content (AvgIpc) is 3.35. The number of imide groups is 1. The van der Waals surface area contributed by atoms with Gasteiger partial charge in [-0.1, -0.05) is 6.07 Å². The van der Waals surface area contributed by atoms with Crippen molar-refractivity contribution < 1.29 is 23.5 Å². The molecule has 0 aliphatic carbocycles. The van der Waals surface area contributed by atoms with Crippen molar-refractivity contribution in [1.29, 1.82) is 0 Å². The van der Waals surface area contributed by atoms with Gasteiger partial charge in [0.2, 0.25) is 0 Å². The number of ketones is 1. The van der Waals surface area contributed by atoms with Crippen LogP contribution in [-0.2, 0) is 6.54 Å². The van der Waals surface area contributed by atoms with Crippen LogP contribution in [0.4, 0.5) is 4.39 Å². The number of halogens is 1. The second-order valence-electron chi connectivity index (χ2n) is 9.04. The van der Waals surface area contributed by atoms with Crippen LogP contribution in [0.3, 0.4) is 0 Å². The Kier molecular flexibility index (Phi) is 6.67. The molecule has 4 aromatic rings. The van der Waals surface area contributed by atoms with E-state index in [1.165, 1.54) is 35.9 Å². The van der Waals surface area contributed by atoms with Crippen LogP contribution in [0.2, 0.25) is 0 Å². The number of aryl methyl sites for hydroxylation is 1. The van der Waals surface area contributed by atoms with Gasteiger partial charge in [-0.05, 0) is 86.3 Å². The molecule has 0 saturated heterocycles. The lowest BCUT2D eigenvalue weighted by Gasteiger charge is -2.19. The Bertz CT molecular complexity index is 1610. The predicted octanol–water partition coefficient (Wildman–Crippen LogP) is 5.99. The molecule has 3 aromatic carbocycles. The predicted molar refractivity (Wildman–Crippen MR) is 144 cm³/mol. The number of thioether (sulfide) groups is 1. The Labute approximate surface area is 224 Å². The van der Waals surface area contributed by atoms with E-state index in [0.29, 0.717) is 33.8 Å². The number of aromatic nitrogens is 1. The molecule has 38 heavy (non-hydrogen) atoms. The summed E-state index contributed by atoms with van der Waals surface area (Å²) in [6, 6.07) is 17.8. The molecule has 0 spiro atoms. The zero-order chi connectivity index (χ0) is 27.1. The van der Waals surface area contributed by atoms with Crippen molar-refractivity contribution in [3.8, 4) is 11.4 Å². The van der Waals surface area contributed by atoms with Crippen molar-refractivity contribution in [2.75, 3.05) is 13.4 Å². The second-order valence-corrected chi connectivity index (χ2v) is 9.89. The minimum atomic E-state index is -0.543. The minimum Gasteiger partial charge on any atom is -0.497 e. The fourth-order valence-corrected chi connectivity index (χ4v) is 5.44. The average molecular weight is 529 g/mol. The van der Waals surface area contributed by atoms with E-state index < -0.39 is 5.82 Å². The third-order valence-electron chi connectivity index (χ3n) is 6.87. The first-order valence-corrected chi connectivity index (χ1v) is 13.2. The molecule has 0 fully saturated rings. The first kappa shape index (κ1) is 25.5. The standard InChI is InChI=1S/C30H25FN2O4S/c1-17-14-21(16-32-29(35)23-6-5-7-26(38-4)27(23)30(32)36)33(18(17)2)25-13-10-20(31)15-24(25)28(34)19-8-11-22(37-3)12-9-19/h5-15H,16H2,1-4H3. The molecule has 0 N–H and O–H groups in total. The monoisotopic (exact) mass is 528 g/mol. The molecule has 0 unspecified atom stereocenters. The maximum absolute atomic E-state index is 14.4. The number of methoxy groups -OCH3 is 1. The van der Waals surface area contributed by atoms with E-state index in [1.807, 2.05) is 36.8 Å². The summed E-state index contributed by atoms with van der Waals surface area (Å²) in [5.41, 5.74) is 4.17. The summed E-state index contributed by atoms with van der Waals surface area (Å²) in [7, 11) is 1.54. The smallest absolute Gasteiger partial charge is 0.263 e. The van der Waals surface area contributed by atoms with Gasteiger partial charge >= 0.3 is 0 Å². The van der Waals surface area contributed by atoms with Crippen molar-refractivity contribution in [2.24, 2.45) is 0 Å². The van der Waals surface area contributed by atoms with Crippen molar-refractivity contribution in [3.63, 3.8) is 0 Å². The van der Waals surface area contributed by atoms with Crippen LogP contribution in [0.15, 0.2) is 71.6 Å². The molecule has 2 heterocycles. The topological polar surface area (TPSA) is 68.6 Å². The van der Waals surface area contributed by atoms with Crippen LogP contribution in [0.1, 0.15) is 53.6 Å². The van der Waals surface area contributed by atoms with Crippen LogP contribution in [0.25, 0.3) is 5.69 Å². The Morgan fingerprint density at radius 1 is 0.974 bits per heavy atom. The Morgan fingerprint density at radius 2 is 1.71 bits per heavy atom. The van der Waals surface area contributed by atoms with Crippen molar-refractivity contribution >= 4 is 29.4 Å². The number of rotatable bonds is 7. The van der Waals surface area contributed by atoms with Crippen molar-refractivity contribution in [2.45, 2.75) is 25.3 Å². The van der Waals surface area contributed by atoms with Crippen LogP contribution < -0.4 is 4.74 Å². The molecule has 192 valence electrons. The highest BCUT2D eigenvalue weighted by atomic mass is 32.2. The van der Waals surface area contributed by atoms with Gasteiger partial charge in [-0.15, -0.1) is 11.8 Å². The van der Waals surface area contributed by atoms with Gasteiger partial charge in [-0.2, -0.15) is 0 Å². The molecule has 8 heteroatoms. The SMILES string of the molecule is COc1ccc(C(=O)c2cc(F)ccc2-n2c(CN3C(=O)c4cccc(SC)c4C3=O)cc(C)c2C)cc1. The molecule has 1 aliphatic rings. The van der Waals surface area contributed by atoms with Crippen LogP contribution >= 0.6 is 11.8 Å². The number of hydrogen-bond donors (Lipinski definition) is 0. The maximum Gasteiger partial charge on any atom is 0.263 e. The minimum absolute atomic E-state index is 0.00237. The number of hydrogen-bond acceptors (Lipinski definition) is 5. The summed E-state index contributed by atoms with van der Waals surface area (Å²) in [5, 5.41) is 0. The maximum atomic E-state index is 14.4. The lowest BCUT2D eigenvalue weighted by Crippen LogP contribution is -2.30. The van der Waals surface area contributed by atoms with Gasteiger partial charge < -0.3 is 9.30 Å². The van der Waals surface area contributed by atoms with Crippen LogP contribution in [-0.4, -0.2) is 40.4 Å². The Balaban J connectivity index is 1.58. The highest BCUT2D eigenvalue weighted by Crippen LogP contribution is 2.33. The molecule has 1 aromatic heterocycles. The molecule has 0 saturated carbocycles. The zero-order valence-corrected chi connectivity index (χ0v) is 22.2. The highest BCUT2D eigenvalue weighted by Gasteiger charge is 2.38. The van der Waals surface area contributed by atoms with Gasteiger partial charge in [0.1, 0.15) is 11.6 Å². The molecule has 0 bridgehead atoms. The molecule has 0 atom stereocenters. The van der Waals surface area contributed by atoms with E-state index >= 15 is 0 Å². The summed E-state index contributed by atoms with van der Waals surface area (Å²) in [6.07, 6.45) is 1.86. The van der Waals surface area contributed by atoms with E-state index in [0.717, 1.165) is 16.2 Å². The van der Waals surface area contributed by atoms with Crippen LogP contribution in [0, 0.1) is 19.7 Å². The van der Waals surface area contributed by atoms with E-state index in [1.54, 1.807) is 42.5 Å². The molecule has 1 aliphatic heterocycles. The van der Waals surface area contributed by atoms with E-state index in [2.05, 4.69) is 0 Å². The number of carbonyl (C=O) groups excluding carboxylic acids is 3. The number of carbonyl (C=O) groups is 3. The molecule has 5 rings (SSSR count). The lowest BCUT2D eigenvalue weighted by atomic mass is 10.0. The zero-order valence-electron chi connectivity index (χ0n) is 21.4. The second kappa shape index (κ2) is 9.95. The van der Waals surface area contributed by atoms with Crippen LogP contribution in [0.5, 0.6) is 5.75 Å². The van der Waals surface area contributed by atoms with Gasteiger partial charge in [-0.25, -0.2) is 4.39 Å². The van der Waals surface area contributed by atoms with E-state index in [4.69, 9.17) is 4.74 Å². The number of nitrogens with zero attached hydrogens (tertiary/aromatic N) is 2. The number of amides is 2. The summed E-state index contributed by atoms with van der Waals surface area (Å²) in [6.45, 7) is 3.80. The summed E-state index contributed by atoms with van der Waals surface area (Å²) < 4.78 is 21.4. The fourth-order valence-electron chi connectivity index (χ4n) is 4.82. The van der Waals surface area contributed by atoms with Gasteiger partial charge in [0.15, 0.2) is 5.78 Å². The van der Waals surface area contributed by atoms with E-state index in [9.17, 15) is 18.8 Å². The third-order valence-corrected chi connectivity index (χ3v) is 7.65.